The molecule has 0 heterocycles. The molecular formula is C10H11F2NO3. The second-order valence-electron chi connectivity index (χ2n) is 3.34. The molecule has 0 spiro atoms. The van der Waals surface area contributed by atoms with E-state index in [1.165, 1.54) is 0 Å². The highest BCUT2D eigenvalue weighted by Gasteiger charge is 2.16. The summed E-state index contributed by atoms with van der Waals surface area (Å²) in [7, 11) is 0. The van der Waals surface area contributed by atoms with E-state index >= 15 is 0 Å². The van der Waals surface area contributed by atoms with Crippen molar-refractivity contribution in [1.82, 2.24) is 0 Å². The molecular weight excluding hydrogens is 220 g/mol. The highest BCUT2D eigenvalue weighted by atomic mass is 19.3. The van der Waals surface area contributed by atoms with Crippen LogP contribution in [0, 0.1) is 0 Å². The minimum Gasteiger partial charge on any atom is -0.508 e. The lowest BCUT2D eigenvalue weighted by Crippen LogP contribution is -2.32. The van der Waals surface area contributed by atoms with Gasteiger partial charge in [-0.25, -0.2) is 8.78 Å². The van der Waals surface area contributed by atoms with Crippen molar-refractivity contribution in [2.45, 2.75) is 18.9 Å². The number of benzene rings is 1. The molecule has 1 unspecified atom stereocenters. The van der Waals surface area contributed by atoms with E-state index in [1.807, 2.05) is 0 Å². The normalized spacial score (nSPS) is 12.8. The largest absolute Gasteiger partial charge is 0.508 e. The molecule has 0 bridgehead atoms. The van der Waals surface area contributed by atoms with Gasteiger partial charge in [-0.05, 0) is 23.8 Å². The van der Waals surface area contributed by atoms with Crippen LogP contribution in [0.15, 0.2) is 18.2 Å². The average Bonchev–Trinajstić information content (AvgIpc) is 2.20. The smallest absolute Gasteiger partial charge is 0.320 e. The van der Waals surface area contributed by atoms with Crippen molar-refractivity contribution in [3.05, 3.63) is 29.3 Å². The number of aliphatic carboxylic acids is 1. The molecule has 0 aromatic heterocycles. The van der Waals surface area contributed by atoms with Gasteiger partial charge in [0.15, 0.2) is 0 Å². The van der Waals surface area contributed by atoms with Crippen LogP contribution >= 0.6 is 0 Å². The molecule has 16 heavy (non-hydrogen) atoms. The number of carbonyl (C=O) groups is 1. The zero-order valence-corrected chi connectivity index (χ0v) is 8.23. The number of nitrogens with two attached hydrogens (primary N) is 1. The van der Waals surface area contributed by atoms with Crippen molar-refractivity contribution < 1.29 is 23.8 Å². The van der Waals surface area contributed by atoms with Crippen LogP contribution in [0.25, 0.3) is 0 Å². The van der Waals surface area contributed by atoms with Crippen molar-refractivity contribution in [3.8, 4) is 5.75 Å². The Morgan fingerprint density at radius 1 is 1.44 bits per heavy atom. The Morgan fingerprint density at radius 2 is 2.06 bits per heavy atom. The molecule has 6 heteroatoms. The fourth-order valence-corrected chi connectivity index (χ4v) is 1.23. The fraction of sp³-hybridized carbons (Fsp3) is 0.300. The summed E-state index contributed by atoms with van der Waals surface area (Å²) in [5, 5.41) is 17.9. The van der Waals surface area contributed by atoms with Gasteiger partial charge in [-0.3, -0.25) is 4.79 Å². The van der Waals surface area contributed by atoms with E-state index < -0.39 is 18.4 Å². The summed E-state index contributed by atoms with van der Waals surface area (Å²) in [6.07, 6.45) is -2.86. The summed E-state index contributed by atoms with van der Waals surface area (Å²) >= 11 is 0. The Kier molecular flexibility index (Phi) is 3.78. The molecule has 4 nitrogen and oxygen atoms in total. The van der Waals surface area contributed by atoms with Crippen LogP contribution in [-0.4, -0.2) is 22.2 Å². The van der Waals surface area contributed by atoms with Crippen LogP contribution in [0.3, 0.4) is 0 Å². The van der Waals surface area contributed by atoms with E-state index in [9.17, 15) is 18.7 Å². The Labute approximate surface area is 90.3 Å². The van der Waals surface area contributed by atoms with Crippen LogP contribution in [0.2, 0.25) is 0 Å². The summed E-state index contributed by atoms with van der Waals surface area (Å²) in [5.41, 5.74) is 5.08. The quantitative estimate of drug-likeness (QED) is 0.728. The van der Waals surface area contributed by atoms with Crippen molar-refractivity contribution >= 4 is 5.97 Å². The van der Waals surface area contributed by atoms with Gasteiger partial charge in [0.2, 0.25) is 0 Å². The molecule has 1 rings (SSSR count). The third-order valence-electron chi connectivity index (χ3n) is 2.11. The molecule has 1 atom stereocenters. The van der Waals surface area contributed by atoms with Gasteiger partial charge in [0.1, 0.15) is 11.8 Å². The van der Waals surface area contributed by atoms with E-state index in [4.69, 9.17) is 10.8 Å². The average molecular weight is 231 g/mol. The first-order chi connectivity index (χ1) is 7.41. The Hall–Kier alpha value is -1.69. The topological polar surface area (TPSA) is 83.5 Å². The first-order valence-corrected chi connectivity index (χ1v) is 4.50. The van der Waals surface area contributed by atoms with Gasteiger partial charge in [0, 0.05) is 12.0 Å². The zero-order valence-electron chi connectivity index (χ0n) is 8.23. The lowest BCUT2D eigenvalue weighted by Gasteiger charge is -2.10. The summed E-state index contributed by atoms with van der Waals surface area (Å²) in [4.78, 5) is 10.5. The van der Waals surface area contributed by atoms with E-state index in [-0.39, 0.29) is 23.3 Å². The molecule has 1 aromatic carbocycles. The number of hydrogen-bond acceptors (Lipinski definition) is 3. The Morgan fingerprint density at radius 3 is 2.56 bits per heavy atom. The minimum absolute atomic E-state index is 0.104. The molecule has 4 N–H and O–H groups in total. The van der Waals surface area contributed by atoms with Gasteiger partial charge in [0.25, 0.3) is 6.43 Å². The van der Waals surface area contributed by atoms with Crippen LogP contribution in [0.4, 0.5) is 8.78 Å². The number of carboxylic acid groups (broad SMARTS) is 1. The summed E-state index contributed by atoms with van der Waals surface area (Å²) in [6.45, 7) is 0. The minimum atomic E-state index is -2.67. The van der Waals surface area contributed by atoms with Gasteiger partial charge >= 0.3 is 5.97 Å². The molecule has 0 aliphatic heterocycles. The first kappa shape index (κ1) is 12.4. The number of halogens is 2. The van der Waals surface area contributed by atoms with Crippen LogP contribution in [0.5, 0.6) is 5.75 Å². The van der Waals surface area contributed by atoms with Crippen molar-refractivity contribution in [2.75, 3.05) is 0 Å². The molecule has 0 aliphatic rings. The van der Waals surface area contributed by atoms with Crippen LogP contribution < -0.4 is 5.73 Å². The number of alkyl halides is 2. The van der Waals surface area contributed by atoms with Gasteiger partial charge < -0.3 is 15.9 Å². The predicted octanol–water partition coefficient (Wildman–Crippen LogP) is 1.28. The molecule has 0 amide bonds. The second kappa shape index (κ2) is 4.89. The molecule has 0 fully saturated rings. The SMILES string of the molecule is NC(Cc1cc(C(F)F)ccc1O)C(=O)O. The first-order valence-electron chi connectivity index (χ1n) is 4.50. The standard InChI is InChI=1S/C10H11F2NO3/c11-9(12)5-1-2-8(14)6(3-5)4-7(13)10(15)16/h1-3,7,9,14H,4,13H2,(H,15,16). The number of hydrogen-bond donors (Lipinski definition) is 3. The van der Waals surface area contributed by atoms with Gasteiger partial charge in [-0.1, -0.05) is 0 Å². The van der Waals surface area contributed by atoms with Crippen molar-refractivity contribution in [3.63, 3.8) is 0 Å². The molecule has 0 aliphatic carbocycles. The highest BCUT2D eigenvalue weighted by molar-refractivity contribution is 5.73. The van der Waals surface area contributed by atoms with Gasteiger partial charge in [-0.2, -0.15) is 0 Å². The number of aromatic hydroxyl groups is 1. The number of phenols is 1. The molecule has 0 saturated carbocycles. The third-order valence-corrected chi connectivity index (χ3v) is 2.11. The number of rotatable bonds is 4. The second-order valence-corrected chi connectivity index (χ2v) is 3.34. The maximum atomic E-state index is 12.3. The lowest BCUT2D eigenvalue weighted by molar-refractivity contribution is -0.138. The predicted molar refractivity (Wildman–Crippen MR) is 52.4 cm³/mol. The van der Waals surface area contributed by atoms with Gasteiger partial charge in [0.05, 0.1) is 0 Å². The maximum absolute atomic E-state index is 12.3. The summed E-state index contributed by atoms with van der Waals surface area (Å²) in [5.74, 6) is -1.48. The number of phenolic OH excluding ortho intramolecular Hbond substituents is 1. The van der Waals surface area contributed by atoms with Crippen molar-refractivity contribution in [2.24, 2.45) is 5.73 Å². The fourth-order valence-electron chi connectivity index (χ4n) is 1.23. The lowest BCUT2D eigenvalue weighted by atomic mass is 10.0. The monoisotopic (exact) mass is 231 g/mol. The molecule has 0 saturated heterocycles. The summed E-state index contributed by atoms with van der Waals surface area (Å²) < 4.78 is 24.7. The molecule has 1 aromatic rings. The molecule has 88 valence electrons. The third kappa shape index (κ3) is 2.90. The van der Waals surface area contributed by atoms with E-state index in [1.54, 1.807) is 0 Å². The van der Waals surface area contributed by atoms with Crippen molar-refractivity contribution in [1.29, 1.82) is 0 Å². The summed E-state index contributed by atoms with van der Waals surface area (Å²) in [6, 6.07) is 2.02. The van der Waals surface area contributed by atoms with E-state index in [0.717, 1.165) is 18.2 Å². The highest BCUT2D eigenvalue weighted by Crippen LogP contribution is 2.25. The number of carboxylic acids is 1. The molecule has 0 radical (unpaired) electrons. The van der Waals surface area contributed by atoms with Gasteiger partial charge in [-0.15, -0.1) is 0 Å². The van der Waals surface area contributed by atoms with Crippen LogP contribution in [-0.2, 0) is 11.2 Å². The van der Waals surface area contributed by atoms with Crippen LogP contribution in [0.1, 0.15) is 17.6 Å². The maximum Gasteiger partial charge on any atom is 0.320 e. The Balaban J connectivity index is 2.94. The van der Waals surface area contributed by atoms with E-state index in [0.29, 0.717) is 0 Å². The zero-order chi connectivity index (χ0) is 12.3. The van der Waals surface area contributed by atoms with E-state index in [2.05, 4.69) is 0 Å². The Bertz CT molecular complexity index is 396.